The van der Waals surface area contributed by atoms with Crippen LogP contribution in [0.4, 0.5) is 17.2 Å². The van der Waals surface area contributed by atoms with E-state index in [2.05, 4.69) is 25.5 Å². The summed E-state index contributed by atoms with van der Waals surface area (Å²) in [6, 6.07) is 15.3. The second-order valence-electron chi connectivity index (χ2n) is 13.9. The highest BCUT2D eigenvalue weighted by atomic mass is 35.5. The van der Waals surface area contributed by atoms with Gasteiger partial charge in [0.25, 0.3) is 5.91 Å². The van der Waals surface area contributed by atoms with Gasteiger partial charge in [-0.1, -0.05) is 35.9 Å². The number of aliphatic hydroxyl groups is 1. The Labute approximate surface area is 308 Å². The first-order valence-corrected chi connectivity index (χ1v) is 18.3. The van der Waals surface area contributed by atoms with Crippen LogP contribution in [-0.2, 0) is 36.2 Å². The third-order valence-electron chi connectivity index (χ3n) is 10.7. The maximum atomic E-state index is 13.7. The van der Waals surface area contributed by atoms with Crippen LogP contribution < -0.4 is 10.6 Å². The van der Waals surface area contributed by atoms with Crippen molar-refractivity contribution in [1.82, 2.24) is 24.4 Å². The standard InChI is InChI=1S/C40H44ClN7O4/c1-24-29(6-4-8-31(24)44-37-36-28(14-17-42-37)20-26(23-49)21-43-36)30-7-5-9-32(35(30)41)46-39(50)38-45-33-22-48(19-16-34(33)47(38)2)18-15-25-10-12-27(13-11-25)40(51)52-3/h4-9,14,17,20-21,25,27,49H,10-13,15-16,18-19,22-23H2,1-3H3,(H,42,44)(H,46,50)/t25-,27-. The summed E-state index contributed by atoms with van der Waals surface area (Å²) in [5.74, 6) is 1.25. The Balaban J connectivity index is 1.03. The molecule has 1 aliphatic heterocycles. The van der Waals surface area contributed by atoms with Gasteiger partial charge in [-0.2, -0.15) is 0 Å². The molecule has 4 heterocycles. The minimum absolute atomic E-state index is 0.0484. The number of nitrogens with zero attached hydrogens (tertiary/aromatic N) is 5. The van der Waals surface area contributed by atoms with Crippen molar-refractivity contribution < 1.29 is 19.4 Å². The van der Waals surface area contributed by atoms with Crippen LogP contribution in [0.1, 0.15) is 65.2 Å². The molecule has 1 fully saturated rings. The smallest absolute Gasteiger partial charge is 0.308 e. The number of aliphatic hydroxyl groups excluding tert-OH is 1. The zero-order chi connectivity index (χ0) is 36.4. The Hall–Kier alpha value is -4.84. The second kappa shape index (κ2) is 15.4. The number of ether oxygens (including phenoxy) is 1. The lowest BCUT2D eigenvalue weighted by Crippen LogP contribution is -2.33. The number of hydrogen-bond acceptors (Lipinski definition) is 9. The number of amides is 1. The average molecular weight is 722 g/mol. The quantitative estimate of drug-likeness (QED) is 0.128. The van der Waals surface area contributed by atoms with Crippen LogP contribution in [0.25, 0.3) is 22.0 Å². The fourth-order valence-corrected chi connectivity index (χ4v) is 7.96. The van der Waals surface area contributed by atoms with Crippen LogP contribution in [0.15, 0.2) is 60.9 Å². The number of aromatic nitrogens is 4. The minimum Gasteiger partial charge on any atom is -0.469 e. The number of carbonyl (C=O) groups excluding carboxylic acids is 2. The Kier molecular flexibility index (Phi) is 10.5. The van der Waals surface area contributed by atoms with Gasteiger partial charge in [0.15, 0.2) is 11.6 Å². The summed E-state index contributed by atoms with van der Waals surface area (Å²) >= 11 is 7.02. The number of pyridine rings is 2. The number of benzene rings is 2. The molecule has 11 nitrogen and oxygen atoms in total. The van der Waals surface area contributed by atoms with E-state index in [-0.39, 0.29) is 24.4 Å². The molecule has 0 radical (unpaired) electrons. The van der Waals surface area contributed by atoms with Crippen LogP contribution in [0.5, 0.6) is 0 Å². The van der Waals surface area contributed by atoms with E-state index < -0.39 is 0 Å². The molecule has 0 saturated heterocycles. The van der Waals surface area contributed by atoms with Crippen molar-refractivity contribution >= 4 is 51.6 Å². The van der Waals surface area contributed by atoms with E-state index in [9.17, 15) is 14.7 Å². The van der Waals surface area contributed by atoms with Crippen LogP contribution in [-0.4, -0.2) is 61.6 Å². The fourth-order valence-electron chi connectivity index (χ4n) is 7.68. The van der Waals surface area contributed by atoms with Crippen molar-refractivity contribution in [3.8, 4) is 11.1 Å². The lowest BCUT2D eigenvalue weighted by Gasteiger charge is -2.31. The van der Waals surface area contributed by atoms with E-state index in [0.717, 1.165) is 96.3 Å². The number of nitrogens with one attached hydrogen (secondary N) is 2. The molecule has 1 saturated carbocycles. The van der Waals surface area contributed by atoms with Crippen molar-refractivity contribution in [3.05, 3.63) is 94.3 Å². The second-order valence-corrected chi connectivity index (χ2v) is 14.3. The molecule has 5 aromatic rings. The number of rotatable bonds is 10. The highest BCUT2D eigenvalue weighted by Gasteiger charge is 2.29. The average Bonchev–Trinajstić information content (AvgIpc) is 3.50. The van der Waals surface area contributed by atoms with E-state index >= 15 is 0 Å². The Morgan fingerprint density at radius 2 is 1.81 bits per heavy atom. The van der Waals surface area contributed by atoms with Gasteiger partial charge in [0.1, 0.15) is 5.52 Å². The largest absolute Gasteiger partial charge is 0.469 e. The molecule has 270 valence electrons. The zero-order valence-electron chi connectivity index (χ0n) is 29.8. The van der Waals surface area contributed by atoms with E-state index in [1.165, 1.54) is 7.11 Å². The van der Waals surface area contributed by atoms with E-state index in [1.807, 2.05) is 61.0 Å². The molecular weight excluding hydrogens is 678 g/mol. The Morgan fingerprint density at radius 1 is 1.04 bits per heavy atom. The van der Waals surface area contributed by atoms with E-state index in [0.29, 0.717) is 40.3 Å². The van der Waals surface area contributed by atoms with Crippen molar-refractivity contribution in [2.45, 2.75) is 58.6 Å². The molecule has 0 spiro atoms. The molecule has 2 aliphatic rings. The topological polar surface area (TPSA) is 134 Å². The molecule has 3 aromatic heterocycles. The zero-order valence-corrected chi connectivity index (χ0v) is 30.5. The number of anilines is 3. The van der Waals surface area contributed by atoms with Gasteiger partial charge in [-0.3, -0.25) is 19.5 Å². The minimum atomic E-state index is -0.309. The molecule has 1 aliphatic carbocycles. The monoisotopic (exact) mass is 721 g/mol. The summed E-state index contributed by atoms with van der Waals surface area (Å²) in [5.41, 5.74) is 7.46. The Morgan fingerprint density at radius 3 is 2.58 bits per heavy atom. The van der Waals surface area contributed by atoms with Gasteiger partial charge in [-0.25, -0.2) is 9.97 Å². The number of esters is 1. The molecule has 0 atom stereocenters. The predicted molar refractivity (Wildman–Crippen MR) is 203 cm³/mol. The molecule has 12 heteroatoms. The van der Waals surface area contributed by atoms with Crippen molar-refractivity contribution in [2.75, 3.05) is 30.8 Å². The Bertz CT molecular complexity index is 2130. The van der Waals surface area contributed by atoms with Gasteiger partial charge in [-0.05, 0) is 92.4 Å². The molecule has 0 unspecified atom stereocenters. The number of fused-ring (bicyclic) bond motifs is 2. The lowest BCUT2D eigenvalue weighted by molar-refractivity contribution is -0.146. The number of halogens is 1. The number of carbonyl (C=O) groups is 2. The molecule has 52 heavy (non-hydrogen) atoms. The van der Waals surface area contributed by atoms with Gasteiger partial charge in [0, 0.05) is 61.3 Å². The third kappa shape index (κ3) is 7.26. The molecule has 0 bridgehead atoms. The number of methoxy groups -OCH3 is 1. The normalized spacial score (nSPS) is 17.5. The first-order valence-electron chi connectivity index (χ1n) is 17.9. The van der Waals surface area contributed by atoms with Crippen molar-refractivity contribution in [3.63, 3.8) is 0 Å². The highest BCUT2D eigenvalue weighted by molar-refractivity contribution is 6.36. The van der Waals surface area contributed by atoms with Gasteiger partial charge in [-0.15, -0.1) is 0 Å². The summed E-state index contributed by atoms with van der Waals surface area (Å²) < 4.78 is 6.85. The lowest BCUT2D eigenvalue weighted by atomic mass is 9.80. The maximum absolute atomic E-state index is 13.7. The van der Waals surface area contributed by atoms with Crippen LogP contribution in [0, 0.1) is 18.8 Å². The molecule has 2 aromatic carbocycles. The number of hydrogen-bond donors (Lipinski definition) is 3. The molecule has 7 rings (SSSR count). The van der Waals surface area contributed by atoms with Crippen LogP contribution in [0.3, 0.4) is 0 Å². The van der Waals surface area contributed by atoms with E-state index in [4.69, 9.17) is 21.3 Å². The third-order valence-corrected chi connectivity index (χ3v) is 11.1. The summed E-state index contributed by atoms with van der Waals surface area (Å²) in [6.45, 7) is 4.54. The summed E-state index contributed by atoms with van der Waals surface area (Å²) in [7, 11) is 3.38. The fraction of sp³-hybridized carbons (Fsp3) is 0.375. The van der Waals surface area contributed by atoms with Crippen molar-refractivity contribution in [1.29, 1.82) is 0 Å². The van der Waals surface area contributed by atoms with Crippen LogP contribution >= 0.6 is 11.6 Å². The molecular formula is C40H44ClN7O4. The SMILES string of the molecule is COC(=O)[C@H]1CC[C@H](CCN2CCc3c(nc(C(=O)Nc4cccc(-c5cccc(Nc6nccc7cc(CO)cnc67)c5C)c4Cl)n3C)C2)CC1. The molecule has 3 N–H and O–H groups in total. The summed E-state index contributed by atoms with van der Waals surface area (Å²) in [5, 5.41) is 17.3. The summed E-state index contributed by atoms with van der Waals surface area (Å²) in [4.78, 5) is 41.9. The first kappa shape index (κ1) is 35.6. The van der Waals surface area contributed by atoms with Crippen LogP contribution in [0.2, 0.25) is 5.02 Å². The van der Waals surface area contributed by atoms with Gasteiger partial charge < -0.3 is 25.0 Å². The van der Waals surface area contributed by atoms with E-state index in [1.54, 1.807) is 18.5 Å². The number of imidazole rings is 1. The van der Waals surface area contributed by atoms with Gasteiger partial charge >= 0.3 is 5.97 Å². The first-order chi connectivity index (χ1) is 25.2. The summed E-state index contributed by atoms with van der Waals surface area (Å²) in [6.07, 6.45) is 9.23. The predicted octanol–water partition coefficient (Wildman–Crippen LogP) is 7.21. The van der Waals surface area contributed by atoms with Crippen molar-refractivity contribution in [2.24, 2.45) is 18.9 Å². The van der Waals surface area contributed by atoms with Gasteiger partial charge in [0.05, 0.1) is 36.0 Å². The van der Waals surface area contributed by atoms with Gasteiger partial charge in [0.2, 0.25) is 0 Å². The molecule has 1 amide bonds. The maximum Gasteiger partial charge on any atom is 0.308 e. The highest BCUT2D eigenvalue weighted by Crippen LogP contribution is 2.39.